The van der Waals surface area contributed by atoms with Crippen LogP contribution in [0.25, 0.3) is 21.5 Å². The second-order valence-corrected chi connectivity index (χ2v) is 7.59. The molecule has 1 amide bonds. The average molecular weight is 376 g/mol. The predicted octanol–water partition coefficient (Wildman–Crippen LogP) is 4.72. The van der Waals surface area contributed by atoms with Crippen molar-refractivity contribution in [2.24, 2.45) is 0 Å². The Balaban J connectivity index is 1.66. The van der Waals surface area contributed by atoms with Crippen molar-refractivity contribution < 1.29 is 4.79 Å². The lowest BCUT2D eigenvalue weighted by molar-refractivity contribution is -0.116. The van der Waals surface area contributed by atoms with Crippen LogP contribution in [0.5, 0.6) is 0 Å². The monoisotopic (exact) mass is 376 g/mol. The van der Waals surface area contributed by atoms with Gasteiger partial charge in [0.05, 0.1) is 11.1 Å². The Labute approximate surface area is 161 Å². The normalized spacial score (nSPS) is 11.1. The Morgan fingerprint density at radius 2 is 2.04 bits per heavy atom. The van der Waals surface area contributed by atoms with E-state index >= 15 is 0 Å². The van der Waals surface area contributed by atoms with E-state index < -0.39 is 0 Å². The second kappa shape index (κ2) is 6.96. The quantitative estimate of drug-likeness (QED) is 0.560. The minimum Gasteiger partial charge on any atom is -0.324 e. The number of anilines is 1. The van der Waals surface area contributed by atoms with Crippen molar-refractivity contribution in [2.75, 3.05) is 5.32 Å². The zero-order chi connectivity index (χ0) is 19.0. The summed E-state index contributed by atoms with van der Waals surface area (Å²) >= 11 is 1.68. The number of amides is 1. The summed E-state index contributed by atoms with van der Waals surface area (Å²) in [7, 11) is 0. The van der Waals surface area contributed by atoms with E-state index in [-0.39, 0.29) is 12.5 Å². The van der Waals surface area contributed by atoms with Crippen molar-refractivity contribution in [2.45, 2.75) is 27.3 Å². The molecule has 27 heavy (non-hydrogen) atoms. The molecule has 4 rings (SSSR count). The number of aryl methyl sites for hydroxylation is 3. The van der Waals surface area contributed by atoms with Crippen LogP contribution < -0.4 is 5.32 Å². The maximum atomic E-state index is 12.6. The molecule has 6 heteroatoms. The summed E-state index contributed by atoms with van der Waals surface area (Å²) in [5.41, 5.74) is 5.69. The number of aromatic nitrogens is 3. The zero-order valence-electron chi connectivity index (χ0n) is 15.5. The molecule has 3 aromatic heterocycles. The number of pyridine rings is 1. The van der Waals surface area contributed by atoms with E-state index in [9.17, 15) is 4.79 Å². The van der Waals surface area contributed by atoms with Crippen molar-refractivity contribution >= 4 is 34.0 Å². The van der Waals surface area contributed by atoms with Crippen LogP contribution in [-0.2, 0) is 11.3 Å². The van der Waals surface area contributed by atoms with Crippen LogP contribution in [0.3, 0.4) is 0 Å². The molecule has 0 atom stereocenters. The molecular weight excluding hydrogens is 356 g/mol. The van der Waals surface area contributed by atoms with Gasteiger partial charge in [0, 0.05) is 22.3 Å². The summed E-state index contributed by atoms with van der Waals surface area (Å²) in [5, 5.41) is 10.6. The molecule has 4 aromatic rings. The lowest BCUT2D eigenvalue weighted by atomic mass is 10.1. The number of thiophene rings is 1. The molecule has 0 aliphatic carbocycles. The molecule has 0 saturated carbocycles. The Kier molecular flexibility index (Phi) is 4.49. The van der Waals surface area contributed by atoms with Gasteiger partial charge in [0.15, 0.2) is 5.65 Å². The largest absolute Gasteiger partial charge is 0.324 e. The smallest absolute Gasteiger partial charge is 0.246 e. The van der Waals surface area contributed by atoms with Crippen LogP contribution in [0, 0.1) is 20.8 Å². The molecule has 0 aliphatic heterocycles. The van der Waals surface area contributed by atoms with Crippen LogP contribution in [0.2, 0.25) is 0 Å². The minimum atomic E-state index is -0.114. The van der Waals surface area contributed by atoms with Crippen molar-refractivity contribution in [3.05, 3.63) is 64.8 Å². The predicted molar refractivity (Wildman–Crippen MR) is 110 cm³/mol. The number of hydrogen-bond acceptors (Lipinski definition) is 4. The third kappa shape index (κ3) is 3.36. The second-order valence-electron chi connectivity index (χ2n) is 6.64. The highest BCUT2D eigenvalue weighted by atomic mass is 32.1. The molecule has 0 unspecified atom stereocenters. The number of rotatable bonds is 4. The van der Waals surface area contributed by atoms with Gasteiger partial charge in [-0.1, -0.05) is 18.2 Å². The molecule has 1 aromatic carbocycles. The number of nitrogens with one attached hydrogen (secondary N) is 1. The Morgan fingerprint density at radius 1 is 1.19 bits per heavy atom. The van der Waals surface area contributed by atoms with Gasteiger partial charge in [-0.2, -0.15) is 5.10 Å². The third-order valence-electron chi connectivity index (χ3n) is 4.56. The van der Waals surface area contributed by atoms with Gasteiger partial charge >= 0.3 is 0 Å². The molecule has 1 N–H and O–H groups in total. The number of fused-ring (bicyclic) bond motifs is 1. The maximum absolute atomic E-state index is 12.6. The first kappa shape index (κ1) is 17.4. The van der Waals surface area contributed by atoms with E-state index in [4.69, 9.17) is 0 Å². The summed E-state index contributed by atoms with van der Waals surface area (Å²) < 4.78 is 1.68. The molecule has 3 heterocycles. The first-order chi connectivity index (χ1) is 13.0. The lowest BCUT2D eigenvalue weighted by Gasteiger charge is -2.10. The maximum Gasteiger partial charge on any atom is 0.246 e. The summed E-state index contributed by atoms with van der Waals surface area (Å²) in [4.78, 5) is 18.3. The lowest BCUT2D eigenvalue weighted by Crippen LogP contribution is -2.20. The fourth-order valence-electron chi connectivity index (χ4n) is 3.23. The molecule has 0 fully saturated rings. The fourth-order valence-corrected chi connectivity index (χ4v) is 3.98. The molecule has 5 nitrogen and oxygen atoms in total. The number of carbonyl (C=O) groups excluding carboxylic acids is 1. The fraction of sp³-hybridized carbons (Fsp3) is 0.190. The van der Waals surface area contributed by atoms with E-state index in [0.29, 0.717) is 0 Å². The summed E-state index contributed by atoms with van der Waals surface area (Å²) in [6.45, 7) is 6.08. The van der Waals surface area contributed by atoms with Gasteiger partial charge in [0.25, 0.3) is 0 Å². The zero-order valence-corrected chi connectivity index (χ0v) is 16.3. The van der Waals surface area contributed by atoms with Gasteiger partial charge in [0.1, 0.15) is 6.54 Å². The molecule has 0 spiro atoms. The van der Waals surface area contributed by atoms with Crippen LogP contribution in [0.4, 0.5) is 5.69 Å². The number of benzene rings is 1. The summed E-state index contributed by atoms with van der Waals surface area (Å²) in [6, 6.07) is 12.1. The number of nitrogens with zero attached hydrogens (tertiary/aromatic N) is 3. The first-order valence-corrected chi connectivity index (χ1v) is 9.64. The van der Waals surface area contributed by atoms with Crippen LogP contribution in [0.15, 0.2) is 48.0 Å². The third-order valence-corrected chi connectivity index (χ3v) is 5.46. The molecule has 136 valence electrons. The SMILES string of the molecule is Cc1ccc(C)c(NC(=O)Cn2nc(C)c3c(-c4cccs4)ccnc32)c1. The molecular formula is C21H20N4OS. The van der Waals surface area contributed by atoms with Crippen LogP contribution in [-0.4, -0.2) is 20.7 Å². The highest BCUT2D eigenvalue weighted by Crippen LogP contribution is 2.32. The van der Waals surface area contributed by atoms with Gasteiger partial charge in [0.2, 0.25) is 5.91 Å². The van der Waals surface area contributed by atoms with Gasteiger partial charge < -0.3 is 5.32 Å². The van der Waals surface area contributed by atoms with E-state index in [1.807, 2.05) is 51.1 Å². The van der Waals surface area contributed by atoms with Gasteiger partial charge in [-0.25, -0.2) is 9.67 Å². The number of carbonyl (C=O) groups is 1. The number of hydrogen-bond donors (Lipinski definition) is 1. The molecule has 0 radical (unpaired) electrons. The van der Waals surface area contributed by atoms with Crippen molar-refractivity contribution in [3.63, 3.8) is 0 Å². The van der Waals surface area contributed by atoms with Gasteiger partial charge in [-0.3, -0.25) is 4.79 Å². The van der Waals surface area contributed by atoms with Gasteiger partial charge in [-0.15, -0.1) is 11.3 Å². The van der Waals surface area contributed by atoms with E-state index in [1.165, 1.54) is 4.88 Å². The van der Waals surface area contributed by atoms with E-state index in [0.717, 1.165) is 39.1 Å². The van der Waals surface area contributed by atoms with Crippen molar-refractivity contribution in [1.82, 2.24) is 14.8 Å². The molecule has 0 bridgehead atoms. The van der Waals surface area contributed by atoms with Gasteiger partial charge in [-0.05, 0) is 55.5 Å². The van der Waals surface area contributed by atoms with Crippen molar-refractivity contribution in [3.8, 4) is 10.4 Å². The highest BCUT2D eigenvalue weighted by Gasteiger charge is 2.16. The average Bonchev–Trinajstić information content (AvgIpc) is 3.27. The molecule has 0 aliphatic rings. The van der Waals surface area contributed by atoms with E-state index in [1.54, 1.807) is 22.2 Å². The standard InChI is InChI=1S/C21H20N4OS/c1-13-6-7-14(2)17(11-13)23-19(26)12-25-21-20(15(3)24-25)16(8-9-22-21)18-5-4-10-27-18/h4-11H,12H2,1-3H3,(H,23,26). The summed E-state index contributed by atoms with van der Waals surface area (Å²) in [6.07, 6.45) is 1.78. The Morgan fingerprint density at radius 3 is 2.81 bits per heavy atom. The minimum absolute atomic E-state index is 0.114. The first-order valence-electron chi connectivity index (χ1n) is 8.76. The van der Waals surface area contributed by atoms with E-state index in [2.05, 4.69) is 26.8 Å². The topological polar surface area (TPSA) is 59.8 Å². The summed E-state index contributed by atoms with van der Waals surface area (Å²) in [5.74, 6) is -0.114. The molecule has 0 saturated heterocycles. The Bertz CT molecular complexity index is 1130. The van der Waals surface area contributed by atoms with Crippen LogP contribution in [0.1, 0.15) is 16.8 Å². The van der Waals surface area contributed by atoms with Crippen LogP contribution >= 0.6 is 11.3 Å². The van der Waals surface area contributed by atoms with Crippen molar-refractivity contribution in [1.29, 1.82) is 0 Å². The highest BCUT2D eigenvalue weighted by molar-refractivity contribution is 7.13. The Hall–Kier alpha value is -2.99.